The van der Waals surface area contributed by atoms with E-state index in [-0.39, 0.29) is 0 Å². The molecular weight excluding hydrogens is 379 g/mol. The molecule has 0 radical (unpaired) electrons. The van der Waals surface area contributed by atoms with Gasteiger partial charge >= 0.3 is 145 Å². The Morgan fingerprint density at radius 1 is 0.720 bits per heavy atom. The van der Waals surface area contributed by atoms with Crippen molar-refractivity contribution < 1.29 is 20.3 Å². The summed E-state index contributed by atoms with van der Waals surface area (Å²) in [5, 5.41) is 0. The third-order valence-corrected chi connectivity index (χ3v) is 21.2. The quantitative estimate of drug-likeness (QED) is 0.465. The minimum atomic E-state index is -2.48. The van der Waals surface area contributed by atoms with E-state index in [9.17, 15) is 0 Å². The van der Waals surface area contributed by atoms with E-state index in [0.717, 1.165) is 7.25 Å². The van der Waals surface area contributed by atoms with Gasteiger partial charge in [0.1, 0.15) is 0 Å². The summed E-state index contributed by atoms with van der Waals surface area (Å²) in [6, 6.07) is 18.1. The molecule has 1 heteroatoms. The fourth-order valence-electron chi connectivity index (χ4n) is 4.82. The van der Waals surface area contributed by atoms with Crippen LogP contribution >= 0.6 is 0 Å². The maximum atomic E-state index is 3.00. The molecular formula is C24H28Zr. The number of benzene rings is 2. The van der Waals surface area contributed by atoms with Crippen LogP contribution in [0.2, 0.25) is 8.26 Å². The van der Waals surface area contributed by atoms with Gasteiger partial charge in [0.25, 0.3) is 0 Å². The monoisotopic (exact) mass is 406 g/mol. The summed E-state index contributed by atoms with van der Waals surface area (Å²) in [4.78, 5) is 0. The van der Waals surface area contributed by atoms with Crippen molar-refractivity contribution in [2.75, 3.05) is 0 Å². The van der Waals surface area contributed by atoms with Gasteiger partial charge in [0.15, 0.2) is 0 Å². The van der Waals surface area contributed by atoms with E-state index in [1.807, 2.05) is 0 Å². The van der Waals surface area contributed by atoms with Gasteiger partial charge in [-0.2, -0.15) is 0 Å². The zero-order valence-corrected chi connectivity index (χ0v) is 17.9. The first kappa shape index (κ1) is 18.3. The summed E-state index contributed by atoms with van der Waals surface area (Å²) < 4.78 is 4.24. The van der Waals surface area contributed by atoms with E-state index in [0.29, 0.717) is 0 Å². The molecule has 0 aromatic heterocycles. The molecule has 25 heavy (non-hydrogen) atoms. The van der Waals surface area contributed by atoms with Crippen LogP contribution in [0.25, 0.3) is 12.2 Å². The summed E-state index contributed by atoms with van der Waals surface area (Å²) in [6.45, 7) is 10.9. The van der Waals surface area contributed by atoms with Gasteiger partial charge in [-0.3, -0.25) is 0 Å². The van der Waals surface area contributed by atoms with Gasteiger partial charge in [0.05, 0.1) is 0 Å². The Morgan fingerprint density at radius 3 is 1.52 bits per heavy atom. The Kier molecular flexibility index (Phi) is 5.75. The predicted molar refractivity (Wildman–Crippen MR) is 109 cm³/mol. The summed E-state index contributed by atoms with van der Waals surface area (Å²) in [5.74, 6) is 0. The van der Waals surface area contributed by atoms with Crippen LogP contribution in [-0.2, 0) is 20.3 Å². The molecule has 2 atom stereocenters. The topological polar surface area (TPSA) is 0 Å². The zero-order valence-electron chi connectivity index (χ0n) is 15.4. The van der Waals surface area contributed by atoms with Crippen LogP contribution in [0.1, 0.15) is 43.4 Å². The average Bonchev–Trinajstić information content (AvgIpc) is 3.31. The molecule has 0 saturated carbocycles. The molecule has 4 rings (SSSR count). The zero-order chi connectivity index (χ0) is 17.9. The van der Waals surface area contributed by atoms with Crippen LogP contribution in [0.15, 0.2) is 73.8 Å². The van der Waals surface area contributed by atoms with Crippen LogP contribution in [-0.4, -0.2) is 0 Å². The molecule has 128 valence electrons. The molecule has 0 heterocycles. The van der Waals surface area contributed by atoms with Crippen LogP contribution in [0.5, 0.6) is 0 Å². The summed E-state index contributed by atoms with van der Waals surface area (Å²) >= 11 is -2.48. The third kappa shape index (κ3) is 2.98. The average molecular weight is 408 g/mol. The molecule has 2 aliphatic rings. The second kappa shape index (κ2) is 7.83. The van der Waals surface area contributed by atoms with Crippen molar-refractivity contribution in [1.82, 2.24) is 0 Å². The first-order valence-electron chi connectivity index (χ1n) is 9.34. The molecule has 0 fully saturated rings. The number of allylic oxidation sites excluding steroid dienone is 2. The van der Waals surface area contributed by atoms with Gasteiger partial charge in [-0.15, -0.1) is 13.2 Å². The minimum absolute atomic E-state index is 0.719. The van der Waals surface area contributed by atoms with Crippen molar-refractivity contribution in [3.63, 3.8) is 0 Å². The second-order valence-electron chi connectivity index (χ2n) is 6.87. The third-order valence-electron chi connectivity index (χ3n) is 6.15. The van der Waals surface area contributed by atoms with Crippen molar-refractivity contribution in [2.45, 2.75) is 29.4 Å². The molecule has 2 aliphatic carbocycles. The van der Waals surface area contributed by atoms with Crippen molar-refractivity contribution in [3.8, 4) is 0 Å². The van der Waals surface area contributed by atoms with E-state index >= 15 is 0 Å². The molecule has 0 aliphatic heterocycles. The summed E-state index contributed by atoms with van der Waals surface area (Å²) in [7, 11) is 0. The van der Waals surface area contributed by atoms with Crippen molar-refractivity contribution >= 4 is 12.2 Å². The summed E-state index contributed by atoms with van der Waals surface area (Å²) in [6.07, 6.45) is 9.84. The second-order valence-corrected chi connectivity index (χ2v) is 19.5. The first-order chi connectivity index (χ1) is 12.3. The molecule has 0 saturated heterocycles. The molecule has 0 N–H and O–H groups in total. The van der Waals surface area contributed by atoms with Crippen LogP contribution in [0.3, 0.4) is 0 Å². The van der Waals surface area contributed by atoms with Gasteiger partial charge in [0.2, 0.25) is 0 Å². The number of hydrogen-bond donors (Lipinski definition) is 0. The molecule has 0 amide bonds. The Bertz CT molecular complexity index is 732. The van der Waals surface area contributed by atoms with Gasteiger partial charge < -0.3 is 0 Å². The van der Waals surface area contributed by atoms with Crippen LogP contribution in [0.4, 0.5) is 0 Å². The Labute approximate surface area is 157 Å². The van der Waals surface area contributed by atoms with Gasteiger partial charge in [-0.05, 0) is 0 Å². The van der Waals surface area contributed by atoms with E-state index < -0.39 is 20.3 Å². The number of fused-ring (bicyclic) bond motifs is 2. The number of rotatable bonds is 4. The van der Waals surface area contributed by atoms with Crippen molar-refractivity contribution in [1.29, 1.82) is 0 Å². The first-order valence-corrected chi connectivity index (χ1v) is 15.7. The van der Waals surface area contributed by atoms with Gasteiger partial charge in [-0.25, -0.2) is 0 Å². The van der Waals surface area contributed by atoms with Crippen LogP contribution < -0.4 is 0 Å². The molecule has 2 aromatic carbocycles. The van der Waals surface area contributed by atoms with Crippen LogP contribution in [0, 0.1) is 0 Å². The summed E-state index contributed by atoms with van der Waals surface area (Å²) in [5.41, 5.74) is 6.11. The van der Waals surface area contributed by atoms with Gasteiger partial charge in [-0.1, -0.05) is 0 Å². The van der Waals surface area contributed by atoms with E-state index in [1.165, 1.54) is 19.4 Å². The Hall–Kier alpha value is -1.46. The maximum absolute atomic E-state index is 3.00. The SMILES string of the molecule is C=C.C[CH2][Zr]([CH2]C)([CH]1C=Cc2ccccc21)[CH]1C=Cc2ccccc21. The standard InChI is InChI=1S/2C9H7.2C2H5.C2H4.Zr/c2*1-2-5-9-7-3-6-8(9)4-1;3*1-2;/h2*1-7H;2*1H2,2H3;1-2H2;. The normalized spacial score (nSPS) is 19.9. The van der Waals surface area contributed by atoms with E-state index in [1.54, 1.807) is 11.1 Å². The van der Waals surface area contributed by atoms with Crippen molar-refractivity contribution in [2.24, 2.45) is 0 Å². The number of hydrogen-bond acceptors (Lipinski definition) is 0. The molecule has 0 bridgehead atoms. The predicted octanol–water partition coefficient (Wildman–Crippen LogP) is 7.36. The molecule has 2 aromatic rings. The molecule has 0 nitrogen and oxygen atoms in total. The Balaban J connectivity index is 0.000000880. The Morgan fingerprint density at radius 2 is 1.12 bits per heavy atom. The fourth-order valence-corrected chi connectivity index (χ4v) is 18.0. The van der Waals surface area contributed by atoms with Crippen molar-refractivity contribution in [3.05, 3.63) is 96.1 Å². The van der Waals surface area contributed by atoms with E-state index in [4.69, 9.17) is 0 Å². The van der Waals surface area contributed by atoms with E-state index in [2.05, 4.69) is 99.8 Å². The molecule has 0 spiro atoms. The molecule has 2 unspecified atom stereocenters. The fraction of sp³-hybridized carbons (Fsp3) is 0.250. The van der Waals surface area contributed by atoms with Gasteiger partial charge in [0, 0.05) is 0 Å².